The number of carbonyl (C=O) groups is 5. The molecule has 188 valence electrons. The maximum absolute atomic E-state index is 12.6. The van der Waals surface area contributed by atoms with E-state index in [4.69, 9.17) is 14.6 Å². The highest BCUT2D eigenvalue weighted by Gasteiger charge is 2.29. The van der Waals surface area contributed by atoms with E-state index in [1.165, 1.54) is 0 Å². The Kier molecular flexibility index (Phi) is 11.0. The first-order valence-corrected chi connectivity index (χ1v) is 10.8. The highest BCUT2D eigenvalue weighted by atomic mass is 16.6. The van der Waals surface area contributed by atoms with Crippen LogP contribution in [-0.2, 0) is 35.3 Å². The van der Waals surface area contributed by atoms with Crippen LogP contribution < -0.4 is 16.0 Å². The molecule has 3 amide bonds. The summed E-state index contributed by atoms with van der Waals surface area (Å²) in [6, 6.07) is 6.33. The number of alkyl carbamates (subject to hydrolysis) is 1. The number of carboxylic acid groups (broad SMARTS) is 1. The molecule has 0 saturated heterocycles. The lowest BCUT2D eigenvalue weighted by Crippen LogP contribution is -2.52. The number of esters is 1. The molecule has 0 aliphatic carbocycles. The Morgan fingerprint density at radius 1 is 1.00 bits per heavy atom. The number of amides is 3. The van der Waals surface area contributed by atoms with Crippen LogP contribution in [0.5, 0.6) is 0 Å². The van der Waals surface area contributed by atoms with Gasteiger partial charge in [-0.3, -0.25) is 14.4 Å². The van der Waals surface area contributed by atoms with Gasteiger partial charge in [-0.1, -0.05) is 44.2 Å². The van der Waals surface area contributed by atoms with Crippen LogP contribution in [0.2, 0.25) is 0 Å². The SMILES string of the molecule is CC(C)[C@@H](NC(=O)CNC(=O)[C@H](CC(=O)OC(C)(C)C)NC(=O)OCc1ccccc1)C(=O)O. The molecule has 11 heteroatoms. The number of carbonyl (C=O) groups excluding carboxylic acids is 4. The molecule has 0 fully saturated rings. The maximum Gasteiger partial charge on any atom is 0.408 e. The number of benzene rings is 1. The van der Waals surface area contributed by atoms with Crippen molar-refractivity contribution in [2.45, 2.75) is 65.3 Å². The third kappa shape index (κ3) is 11.3. The molecule has 0 radical (unpaired) electrons. The van der Waals surface area contributed by atoms with Crippen molar-refractivity contribution in [2.75, 3.05) is 6.54 Å². The van der Waals surface area contributed by atoms with E-state index < -0.39 is 60.5 Å². The zero-order chi connectivity index (χ0) is 25.9. The number of ether oxygens (including phenoxy) is 2. The highest BCUT2D eigenvalue weighted by Crippen LogP contribution is 2.10. The molecule has 0 aromatic heterocycles. The average molecular weight is 480 g/mol. The number of hydrogen-bond acceptors (Lipinski definition) is 7. The summed E-state index contributed by atoms with van der Waals surface area (Å²) >= 11 is 0. The molecule has 0 bridgehead atoms. The fourth-order valence-corrected chi connectivity index (χ4v) is 2.69. The summed E-state index contributed by atoms with van der Waals surface area (Å²) in [5.41, 5.74) is -0.0882. The van der Waals surface area contributed by atoms with Crippen molar-refractivity contribution in [3.8, 4) is 0 Å². The molecule has 0 saturated carbocycles. The van der Waals surface area contributed by atoms with Gasteiger partial charge in [-0.25, -0.2) is 9.59 Å². The Bertz CT molecular complexity index is 865. The predicted octanol–water partition coefficient (Wildman–Crippen LogP) is 1.35. The number of aliphatic carboxylic acids is 1. The van der Waals surface area contributed by atoms with Crippen LogP contribution >= 0.6 is 0 Å². The normalized spacial score (nSPS) is 12.8. The quantitative estimate of drug-likeness (QED) is 0.346. The van der Waals surface area contributed by atoms with Gasteiger partial charge in [-0.2, -0.15) is 0 Å². The molecule has 0 aliphatic heterocycles. The van der Waals surface area contributed by atoms with Crippen LogP contribution in [-0.4, -0.2) is 59.2 Å². The van der Waals surface area contributed by atoms with E-state index in [2.05, 4.69) is 16.0 Å². The van der Waals surface area contributed by atoms with E-state index in [1.54, 1.807) is 65.0 Å². The van der Waals surface area contributed by atoms with Gasteiger partial charge in [0.15, 0.2) is 0 Å². The molecule has 11 nitrogen and oxygen atoms in total. The van der Waals surface area contributed by atoms with E-state index in [9.17, 15) is 24.0 Å². The molecule has 1 aromatic carbocycles. The van der Waals surface area contributed by atoms with Crippen LogP contribution in [0.15, 0.2) is 30.3 Å². The topological polar surface area (TPSA) is 160 Å². The van der Waals surface area contributed by atoms with Crippen LogP contribution in [0.1, 0.15) is 46.6 Å². The van der Waals surface area contributed by atoms with Gasteiger partial charge in [-0.15, -0.1) is 0 Å². The van der Waals surface area contributed by atoms with Gasteiger partial charge in [0.05, 0.1) is 13.0 Å². The molecule has 34 heavy (non-hydrogen) atoms. The zero-order valence-electron chi connectivity index (χ0n) is 20.0. The van der Waals surface area contributed by atoms with Gasteiger partial charge in [0.25, 0.3) is 0 Å². The number of rotatable bonds is 11. The summed E-state index contributed by atoms with van der Waals surface area (Å²) in [4.78, 5) is 60.4. The summed E-state index contributed by atoms with van der Waals surface area (Å²) in [6.07, 6.45) is -1.45. The molecule has 0 unspecified atom stereocenters. The smallest absolute Gasteiger partial charge is 0.408 e. The molecule has 0 spiro atoms. The van der Waals surface area contributed by atoms with Crippen LogP contribution in [0.4, 0.5) is 4.79 Å². The summed E-state index contributed by atoms with van der Waals surface area (Å²) in [6.45, 7) is 7.60. The van der Waals surface area contributed by atoms with Crippen LogP contribution in [0.25, 0.3) is 0 Å². The number of nitrogens with one attached hydrogen (secondary N) is 3. The van der Waals surface area contributed by atoms with E-state index in [1.807, 2.05) is 0 Å². The van der Waals surface area contributed by atoms with Gasteiger partial charge in [0.2, 0.25) is 11.8 Å². The fourth-order valence-electron chi connectivity index (χ4n) is 2.69. The third-order valence-electron chi connectivity index (χ3n) is 4.28. The summed E-state index contributed by atoms with van der Waals surface area (Å²) in [5, 5.41) is 16.1. The minimum atomic E-state index is -1.38. The molecule has 0 heterocycles. The van der Waals surface area contributed by atoms with E-state index in [0.29, 0.717) is 0 Å². The Hall–Kier alpha value is -3.63. The van der Waals surface area contributed by atoms with Crippen molar-refractivity contribution in [1.29, 1.82) is 0 Å². The van der Waals surface area contributed by atoms with Gasteiger partial charge < -0.3 is 30.5 Å². The summed E-state index contributed by atoms with van der Waals surface area (Å²) in [5.74, 6) is -3.91. The van der Waals surface area contributed by atoms with Crippen molar-refractivity contribution in [1.82, 2.24) is 16.0 Å². The van der Waals surface area contributed by atoms with Crippen molar-refractivity contribution in [2.24, 2.45) is 5.92 Å². The summed E-state index contributed by atoms with van der Waals surface area (Å²) in [7, 11) is 0. The average Bonchev–Trinajstić information content (AvgIpc) is 2.72. The van der Waals surface area contributed by atoms with Gasteiger partial charge in [0.1, 0.15) is 24.3 Å². The van der Waals surface area contributed by atoms with Gasteiger partial charge in [-0.05, 0) is 32.3 Å². The molecule has 0 aliphatic rings. The first kappa shape index (κ1) is 28.4. The fraction of sp³-hybridized carbons (Fsp3) is 0.522. The Morgan fingerprint density at radius 3 is 2.15 bits per heavy atom. The Balaban J connectivity index is 2.76. The lowest BCUT2D eigenvalue weighted by atomic mass is 10.0. The molecule has 2 atom stereocenters. The van der Waals surface area contributed by atoms with E-state index in [0.717, 1.165) is 5.56 Å². The Labute approximate surface area is 198 Å². The van der Waals surface area contributed by atoms with Crippen molar-refractivity contribution in [3.63, 3.8) is 0 Å². The zero-order valence-corrected chi connectivity index (χ0v) is 20.0. The molecule has 1 rings (SSSR count). The number of hydrogen-bond donors (Lipinski definition) is 4. The minimum Gasteiger partial charge on any atom is -0.480 e. The van der Waals surface area contributed by atoms with Crippen LogP contribution in [0, 0.1) is 5.92 Å². The third-order valence-corrected chi connectivity index (χ3v) is 4.28. The molecule has 4 N–H and O–H groups in total. The van der Waals surface area contributed by atoms with Crippen molar-refractivity contribution < 1.29 is 38.6 Å². The molecular formula is C23H33N3O8. The van der Waals surface area contributed by atoms with Gasteiger partial charge in [0, 0.05) is 0 Å². The van der Waals surface area contributed by atoms with Gasteiger partial charge >= 0.3 is 18.0 Å². The second-order valence-corrected chi connectivity index (χ2v) is 8.89. The molecule has 1 aromatic rings. The van der Waals surface area contributed by atoms with E-state index >= 15 is 0 Å². The lowest BCUT2D eigenvalue weighted by molar-refractivity contribution is -0.156. The van der Waals surface area contributed by atoms with E-state index in [-0.39, 0.29) is 12.5 Å². The standard InChI is InChI=1S/C23H33N3O8/c1-14(2)19(21(30)31)26-17(27)12-24-20(29)16(11-18(28)34-23(3,4)5)25-22(32)33-13-15-9-7-6-8-10-15/h6-10,14,16,19H,11-13H2,1-5H3,(H,24,29)(H,25,32)(H,26,27)(H,30,31)/t16-,19+/m0/s1. The predicted molar refractivity (Wildman–Crippen MR) is 121 cm³/mol. The summed E-state index contributed by atoms with van der Waals surface area (Å²) < 4.78 is 10.3. The monoisotopic (exact) mass is 479 g/mol. The van der Waals surface area contributed by atoms with Crippen molar-refractivity contribution in [3.05, 3.63) is 35.9 Å². The first-order chi connectivity index (χ1) is 15.8. The number of carboxylic acids is 1. The second-order valence-electron chi connectivity index (χ2n) is 8.89. The van der Waals surface area contributed by atoms with Crippen LogP contribution in [0.3, 0.4) is 0 Å². The first-order valence-electron chi connectivity index (χ1n) is 10.8. The largest absolute Gasteiger partial charge is 0.480 e. The Morgan fingerprint density at radius 2 is 1.62 bits per heavy atom. The lowest BCUT2D eigenvalue weighted by Gasteiger charge is -2.23. The second kappa shape index (κ2) is 13.2. The van der Waals surface area contributed by atoms with Crippen molar-refractivity contribution >= 4 is 29.8 Å². The minimum absolute atomic E-state index is 0.0539. The molecular weight excluding hydrogens is 446 g/mol. The maximum atomic E-state index is 12.6. The highest BCUT2D eigenvalue weighted by molar-refractivity contribution is 5.93.